The standard InChI is InChI=1S/C17H14F3NO3/c1-9-11(3-2-4-13(9)19)17(24)21-15(8-16(22)23)12-6-5-10(18)7-14(12)20/h2-7,15H,8H2,1H3,(H,21,24)(H,22,23). The number of carboxylic acid groups (broad SMARTS) is 1. The van der Waals surface area contributed by atoms with Crippen molar-refractivity contribution in [1.82, 2.24) is 5.32 Å². The van der Waals surface area contributed by atoms with E-state index in [0.29, 0.717) is 6.07 Å². The first-order chi connectivity index (χ1) is 11.3. The van der Waals surface area contributed by atoms with Gasteiger partial charge in [0.2, 0.25) is 0 Å². The van der Waals surface area contributed by atoms with E-state index in [-0.39, 0.29) is 16.7 Å². The van der Waals surface area contributed by atoms with E-state index in [9.17, 15) is 22.8 Å². The Morgan fingerprint density at radius 3 is 2.46 bits per heavy atom. The average Bonchev–Trinajstić information content (AvgIpc) is 2.48. The Labute approximate surface area is 135 Å². The molecule has 126 valence electrons. The number of hydrogen-bond acceptors (Lipinski definition) is 2. The summed E-state index contributed by atoms with van der Waals surface area (Å²) in [5, 5.41) is 11.3. The molecule has 1 unspecified atom stereocenters. The van der Waals surface area contributed by atoms with Gasteiger partial charge >= 0.3 is 5.97 Å². The van der Waals surface area contributed by atoms with Gasteiger partial charge in [0, 0.05) is 17.2 Å². The highest BCUT2D eigenvalue weighted by molar-refractivity contribution is 5.96. The van der Waals surface area contributed by atoms with Crippen LogP contribution in [-0.2, 0) is 4.79 Å². The predicted molar refractivity (Wildman–Crippen MR) is 80.0 cm³/mol. The summed E-state index contributed by atoms with van der Waals surface area (Å²) in [6.45, 7) is 1.40. The van der Waals surface area contributed by atoms with Crippen molar-refractivity contribution in [2.45, 2.75) is 19.4 Å². The summed E-state index contributed by atoms with van der Waals surface area (Å²) in [5.74, 6) is -4.41. The molecule has 4 nitrogen and oxygen atoms in total. The van der Waals surface area contributed by atoms with Gasteiger partial charge in [-0.3, -0.25) is 9.59 Å². The zero-order valence-electron chi connectivity index (χ0n) is 12.6. The Kier molecular flexibility index (Phi) is 5.23. The second-order valence-corrected chi connectivity index (χ2v) is 5.20. The normalized spacial score (nSPS) is 11.8. The highest BCUT2D eigenvalue weighted by Gasteiger charge is 2.23. The van der Waals surface area contributed by atoms with Crippen molar-refractivity contribution in [3.8, 4) is 0 Å². The minimum atomic E-state index is -1.28. The zero-order valence-corrected chi connectivity index (χ0v) is 12.6. The Bertz CT molecular complexity index is 793. The van der Waals surface area contributed by atoms with Gasteiger partial charge in [-0.2, -0.15) is 0 Å². The number of aliphatic carboxylic acids is 1. The molecule has 0 aliphatic heterocycles. The van der Waals surface area contributed by atoms with E-state index in [1.807, 2.05) is 0 Å². The molecular weight excluding hydrogens is 323 g/mol. The SMILES string of the molecule is Cc1c(F)cccc1C(=O)NC(CC(=O)O)c1ccc(F)cc1F. The van der Waals surface area contributed by atoms with Crippen LogP contribution in [0.3, 0.4) is 0 Å². The van der Waals surface area contributed by atoms with Gasteiger partial charge in [0.05, 0.1) is 12.5 Å². The Morgan fingerprint density at radius 2 is 1.83 bits per heavy atom. The molecule has 7 heteroatoms. The highest BCUT2D eigenvalue weighted by atomic mass is 19.1. The highest BCUT2D eigenvalue weighted by Crippen LogP contribution is 2.22. The van der Waals surface area contributed by atoms with Crippen molar-refractivity contribution in [2.75, 3.05) is 0 Å². The maximum atomic E-state index is 13.9. The number of rotatable bonds is 5. The fraction of sp³-hybridized carbons (Fsp3) is 0.176. The number of carbonyl (C=O) groups is 2. The van der Waals surface area contributed by atoms with Crippen molar-refractivity contribution < 1.29 is 27.9 Å². The lowest BCUT2D eigenvalue weighted by Gasteiger charge is -2.19. The smallest absolute Gasteiger partial charge is 0.305 e. The van der Waals surface area contributed by atoms with Crippen LogP contribution in [0.25, 0.3) is 0 Å². The molecular formula is C17H14F3NO3. The molecule has 0 radical (unpaired) electrons. The zero-order chi connectivity index (χ0) is 17.9. The van der Waals surface area contributed by atoms with E-state index >= 15 is 0 Å². The number of benzene rings is 2. The lowest BCUT2D eigenvalue weighted by atomic mass is 10.0. The van der Waals surface area contributed by atoms with Gasteiger partial charge in [-0.15, -0.1) is 0 Å². The van der Waals surface area contributed by atoms with Crippen LogP contribution in [0.1, 0.15) is 33.9 Å². The van der Waals surface area contributed by atoms with Crippen molar-refractivity contribution in [1.29, 1.82) is 0 Å². The maximum Gasteiger partial charge on any atom is 0.305 e. The van der Waals surface area contributed by atoms with Gasteiger partial charge in [-0.1, -0.05) is 12.1 Å². The summed E-state index contributed by atoms with van der Waals surface area (Å²) in [7, 11) is 0. The summed E-state index contributed by atoms with van der Waals surface area (Å²) in [6.07, 6.45) is -0.608. The molecule has 0 spiro atoms. The molecule has 0 heterocycles. The first-order valence-corrected chi connectivity index (χ1v) is 7.02. The molecule has 2 N–H and O–H groups in total. The number of hydrogen-bond donors (Lipinski definition) is 2. The molecule has 2 rings (SSSR count). The fourth-order valence-electron chi connectivity index (χ4n) is 2.29. The molecule has 0 saturated heterocycles. The molecule has 0 bridgehead atoms. The first-order valence-electron chi connectivity index (χ1n) is 7.02. The van der Waals surface area contributed by atoms with Crippen LogP contribution in [0.4, 0.5) is 13.2 Å². The Morgan fingerprint density at radius 1 is 1.12 bits per heavy atom. The second-order valence-electron chi connectivity index (χ2n) is 5.20. The first kappa shape index (κ1) is 17.5. The number of nitrogens with one attached hydrogen (secondary N) is 1. The summed E-state index contributed by atoms with van der Waals surface area (Å²) in [4.78, 5) is 23.3. The largest absolute Gasteiger partial charge is 0.481 e. The molecule has 2 aromatic carbocycles. The minimum Gasteiger partial charge on any atom is -0.481 e. The molecule has 24 heavy (non-hydrogen) atoms. The van der Waals surface area contributed by atoms with Crippen LogP contribution in [-0.4, -0.2) is 17.0 Å². The van der Waals surface area contributed by atoms with Crippen molar-refractivity contribution in [3.05, 3.63) is 70.5 Å². The van der Waals surface area contributed by atoms with Crippen molar-refractivity contribution in [2.24, 2.45) is 0 Å². The molecule has 2 aromatic rings. The predicted octanol–water partition coefficient (Wildman–Crippen LogP) is 3.36. The Hall–Kier alpha value is -2.83. The summed E-state index contributed by atoms with van der Waals surface area (Å²) in [6, 6.07) is 5.29. The van der Waals surface area contributed by atoms with Gasteiger partial charge in [0.15, 0.2) is 0 Å². The number of carbonyl (C=O) groups excluding carboxylic acids is 1. The third-order valence-electron chi connectivity index (χ3n) is 3.53. The third-order valence-corrected chi connectivity index (χ3v) is 3.53. The fourth-order valence-corrected chi connectivity index (χ4v) is 2.29. The maximum absolute atomic E-state index is 13.9. The molecule has 1 atom stereocenters. The molecule has 0 saturated carbocycles. The second kappa shape index (κ2) is 7.16. The third kappa shape index (κ3) is 3.92. The van der Waals surface area contributed by atoms with Crippen LogP contribution < -0.4 is 5.32 Å². The number of carboxylic acids is 1. The topological polar surface area (TPSA) is 66.4 Å². The van der Waals surface area contributed by atoms with E-state index in [2.05, 4.69) is 5.32 Å². The van der Waals surface area contributed by atoms with Crippen LogP contribution in [0.5, 0.6) is 0 Å². The number of amides is 1. The molecule has 0 aromatic heterocycles. The van der Waals surface area contributed by atoms with E-state index in [0.717, 1.165) is 12.1 Å². The van der Waals surface area contributed by atoms with Crippen LogP contribution in [0, 0.1) is 24.4 Å². The minimum absolute atomic E-state index is 0.00732. The van der Waals surface area contributed by atoms with Gasteiger partial charge < -0.3 is 10.4 Å². The summed E-state index contributed by atoms with van der Waals surface area (Å²) >= 11 is 0. The van der Waals surface area contributed by atoms with Gasteiger partial charge in [-0.25, -0.2) is 13.2 Å². The average molecular weight is 337 g/mol. The monoisotopic (exact) mass is 337 g/mol. The lowest BCUT2D eigenvalue weighted by Crippen LogP contribution is -2.31. The number of halogens is 3. The van der Waals surface area contributed by atoms with Gasteiger partial charge in [-0.05, 0) is 30.7 Å². The van der Waals surface area contributed by atoms with E-state index < -0.39 is 41.8 Å². The summed E-state index contributed by atoms with van der Waals surface area (Å²) < 4.78 is 40.5. The van der Waals surface area contributed by atoms with Crippen LogP contribution in [0.2, 0.25) is 0 Å². The van der Waals surface area contributed by atoms with Crippen LogP contribution >= 0.6 is 0 Å². The quantitative estimate of drug-likeness (QED) is 0.879. The van der Waals surface area contributed by atoms with Gasteiger partial charge in [0.1, 0.15) is 17.5 Å². The van der Waals surface area contributed by atoms with Crippen molar-refractivity contribution >= 4 is 11.9 Å². The lowest BCUT2D eigenvalue weighted by molar-refractivity contribution is -0.137. The van der Waals surface area contributed by atoms with Crippen LogP contribution in [0.15, 0.2) is 36.4 Å². The van der Waals surface area contributed by atoms with E-state index in [4.69, 9.17) is 5.11 Å². The molecule has 0 fully saturated rings. The summed E-state index contributed by atoms with van der Waals surface area (Å²) in [5.41, 5.74) is -0.0715. The van der Waals surface area contributed by atoms with Crippen molar-refractivity contribution in [3.63, 3.8) is 0 Å². The Balaban J connectivity index is 2.33. The van der Waals surface area contributed by atoms with E-state index in [1.54, 1.807) is 0 Å². The van der Waals surface area contributed by atoms with E-state index in [1.165, 1.54) is 25.1 Å². The molecule has 0 aliphatic rings. The molecule has 0 aliphatic carbocycles. The van der Waals surface area contributed by atoms with Gasteiger partial charge in [0.25, 0.3) is 5.91 Å². The molecule has 1 amide bonds.